The van der Waals surface area contributed by atoms with Gasteiger partial charge in [-0.2, -0.15) is 0 Å². The molecule has 0 N–H and O–H groups in total. The number of alkyl halides is 1. The minimum Gasteiger partial charge on any atom is -0.379 e. The van der Waals surface area contributed by atoms with Gasteiger partial charge in [0.2, 0.25) is 0 Å². The highest BCUT2D eigenvalue weighted by atomic mass is 35.5. The molecule has 0 aromatic rings. The predicted octanol–water partition coefficient (Wildman–Crippen LogP) is 3.14. The average Bonchev–Trinajstić information content (AvgIpc) is 2.75. The third kappa shape index (κ3) is 5.51. The highest BCUT2D eigenvalue weighted by Crippen LogP contribution is 2.23. The number of nitrogens with zero attached hydrogens (tertiary/aromatic N) is 1. The van der Waals surface area contributed by atoms with E-state index in [2.05, 4.69) is 18.7 Å². The molecule has 0 spiro atoms. The first kappa shape index (κ1) is 14.3. The van der Waals surface area contributed by atoms with Gasteiger partial charge in [0.1, 0.15) is 0 Å². The molecule has 3 heteroatoms. The van der Waals surface area contributed by atoms with Crippen molar-refractivity contribution in [3.05, 3.63) is 0 Å². The fraction of sp³-hybridized carbons (Fsp3) is 1.00. The lowest BCUT2D eigenvalue weighted by atomic mass is 10.1. The van der Waals surface area contributed by atoms with Gasteiger partial charge in [0, 0.05) is 25.0 Å². The van der Waals surface area contributed by atoms with Crippen LogP contribution < -0.4 is 0 Å². The Hall–Kier alpha value is 0.210. The molecule has 16 heavy (non-hydrogen) atoms. The second kappa shape index (κ2) is 8.32. The summed E-state index contributed by atoms with van der Waals surface area (Å²) >= 11 is 5.59. The molecule has 0 amide bonds. The maximum Gasteiger partial charge on any atom is 0.0602 e. The molecule has 0 heterocycles. The molecule has 1 fully saturated rings. The van der Waals surface area contributed by atoms with Crippen LogP contribution in [-0.2, 0) is 4.74 Å². The maximum atomic E-state index is 5.59. The third-order valence-corrected chi connectivity index (χ3v) is 3.34. The van der Waals surface area contributed by atoms with Crippen LogP contribution in [0.2, 0.25) is 0 Å². The number of ether oxygens (including phenoxy) is 1. The highest BCUT2D eigenvalue weighted by molar-refractivity contribution is 6.17. The van der Waals surface area contributed by atoms with Crippen molar-refractivity contribution in [1.29, 1.82) is 0 Å². The Morgan fingerprint density at radius 1 is 1.25 bits per heavy atom. The van der Waals surface area contributed by atoms with Gasteiger partial charge in [0.05, 0.1) is 13.2 Å². The first-order chi connectivity index (χ1) is 7.74. The van der Waals surface area contributed by atoms with Crippen molar-refractivity contribution < 1.29 is 4.74 Å². The number of hydrogen-bond donors (Lipinski definition) is 0. The third-order valence-electron chi connectivity index (χ3n) is 3.19. The van der Waals surface area contributed by atoms with Gasteiger partial charge < -0.3 is 4.74 Å². The summed E-state index contributed by atoms with van der Waals surface area (Å²) in [5, 5.41) is 0. The largest absolute Gasteiger partial charge is 0.379 e. The number of halogens is 1. The van der Waals surface area contributed by atoms with Crippen LogP contribution >= 0.6 is 11.6 Å². The fourth-order valence-corrected chi connectivity index (χ4v) is 2.61. The highest BCUT2D eigenvalue weighted by Gasteiger charge is 2.22. The monoisotopic (exact) mass is 247 g/mol. The Labute approximate surface area is 105 Å². The lowest BCUT2D eigenvalue weighted by molar-refractivity contribution is 0.0891. The van der Waals surface area contributed by atoms with E-state index in [0.29, 0.717) is 12.5 Å². The molecule has 0 bridgehead atoms. The summed E-state index contributed by atoms with van der Waals surface area (Å²) in [7, 11) is 0. The quantitative estimate of drug-likeness (QED) is 0.483. The van der Waals surface area contributed by atoms with Crippen molar-refractivity contribution in [2.75, 3.05) is 32.2 Å². The van der Waals surface area contributed by atoms with E-state index >= 15 is 0 Å². The zero-order valence-electron chi connectivity index (χ0n) is 10.8. The van der Waals surface area contributed by atoms with Crippen LogP contribution in [0.3, 0.4) is 0 Å². The van der Waals surface area contributed by atoms with Crippen LogP contribution in [-0.4, -0.2) is 43.1 Å². The van der Waals surface area contributed by atoms with Gasteiger partial charge >= 0.3 is 0 Å². The van der Waals surface area contributed by atoms with E-state index < -0.39 is 0 Å². The molecule has 0 aromatic heterocycles. The smallest absolute Gasteiger partial charge is 0.0602 e. The van der Waals surface area contributed by atoms with Crippen molar-refractivity contribution in [1.82, 2.24) is 4.90 Å². The summed E-state index contributed by atoms with van der Waals surface area (Å²) < 4.78 is 5.48. The molecule has 96 valence electrons. The lowest BCUT2D eigenvalue weighted by Gasteiger charge is -2.30. The average molecular weight is 248 g/mol. The van der Waals surface area contributed by atoms with E-state index in [1.807, 2.05) is 0 Å². The topological polar surface area (TPSA) is 12.5 Å². The van der Waals surface area contributed by atoms with E-state index in [4.69, 9.17) is 16.3 Å². The van der Waals surface area contributed by atoms with E-state index in [1.165, 1.54) is 32.2 Å². The molecule has 1 rings (SSSR count). The van der Waals surface area contributed by atoms with Gasteiger partial charge in [0.25, 0.3) is 0 Å². The van der Waals surface area contributed by atoms with Crippen LogP contribution in [0, 0.1) is 5.92 Å². The zero-order chi connectivity index (χ0) is 11.8. The maximum absolute atomic E-state index is 5.59. The molecule has 0 radical (unpaired) electrons. The molecule has 1 aliphatic rings. The van der Waals surface area contributed by atoms with Crippen LogP contribution in [0.4, 0.5) is 0 Å². The lowest BCUT2D eigenvalue weighted by Crippen LogP contribution is -2.38. The first-order valence-electron chi connectivity index (χ1n) is 6.61. The molecule has 0 aromatic carbocycles. The van der Waals surface area contributed by atoms with Crippen LogP contribution in [0.5, 0.6) is 0 Å². The molecular formula is C13H26ClNO. The standard InChI is InChI=1S/C13H26ClNO/c1-12(2)11-15(8-10-16-9-7-14)13-5-3-4-6-13/h12-13H,3-11H2,1-2H3. The van der Waals surface area contributed by atoms with E-state index in [0.717, 1.165) is 25.1 Å². The summed E-state index contributed by atoms with van der Waals surface area (Å²) in [6, 6.07) is 0.807. The van der Waals surface area contributed by atoms with E-state index in [9.17, 15) is 0 Å². The van der Waals surface area contributed by atoms with Gasteiger partial charge in [-0.3, -0.25) is 4.90 Å². The summed E-state index contributed by atoms with van der Waals surface area (Å²) in [6.07, 6.45) is 5.56. The summed E-state index contributed by atoms with van der Waals surface area (Å²) in [5.74, 6) is 1.35. The van der Waals surface area contributed by atoms with Crippen LogP contribution in [0.15, 0.2) is 0 Å². The van der Waals surface area contributed by atoms with Crippen molar-refractivity contribution in [3.63, 3.8) is 0 Å². The Balaban J connectivity index is 2.25. The SMILES string of the molecule is CC(C)CN(CCOCCCl)C1CCCC1. The van der Waals surface area contributed by atoms with Gasteiger partial charge in [-0.1, -0.05) is 26.7 Å². The van der Waals surface area contributed by atoms with Gasteiger partial charge in [-0.25, -0.2) is 0 Å². The van der Waals surface area contributed by atoms with Crippen molar-refractivity contribution in [2.45, 2.75) is 45.6 Å². The second-order valence-corrected chi connectivity index (χ2v) is 5.51. The van der Waals surface area contributed by atoms with Crippen molar-refractivity contribution in [3.8, 4) is 0 Å². The summed E-state index contributed by atoms with van der Waals surface area (Å²) in [5.41, 5.74) is 0. The Bertz CT molecular complexity index is 169. The molecule has 1 saturated carbocycles. The first-order valence-corrected chi connectivity index (χ1v) is 7.15. The molecule has 0 aliphatic heterocycles. The summed E-state index contributed by atoms with van der Waals surface area (Å²) in [4.78, 5) is 2.62. The van der Waals surface area contributed by atoms with E-state index in [-0.39, 0.29) is 0 Å². The molecule has 0 unspecified atom stereocenters. The minimum absolute atomic E-state index is 0.605. The van der Waals surface area contributed by atoms with Crippen molar-refractivity contribution >= 4 is 11.6 Å². The molecule has 0 saturated heterocycles. The molecule has 2 nitrogen and oxygen atoms in total. The Morgan fingerprint density at radius 3 is 2.50 bits per heavy atom. The normalized spacial score (nSPS) is 17.8. The van der Waals surface area contributed by atoms with Gasteiger partial charge in [-0.05, 0) is 18.8 Å². The second-order valence-electron chi connectivity index (χ2n) is 5.13. The molecule has 1 aliphatic carbocycles. The van der Waals surface area contributed by atoms with Crippen molar-refractivity contribution in [2.24, 2.45) is 5.92 Å². The van der Waals surface area contributed by atoms with E-state index in [1.54, 1.807) is 0 Å². The van der Waals surface area contributed by atoms with Crippen LogP contribution in [0.1, 0.15) is 39.5 Å². The molecular weight excluding hydrogens is 222 g/mol. The zero-order valence-corrected chi connectivity index (χ0v) is 11.5. The fourth-order valence-electron chi connectivity index (χ4n) is 2.50. The Kier molecular flexibility index (Phi) is 7.42. The summed E-state index contributed by atoms with van der Waals surface area (Å²) in [6.45, 7) is 8.37. The number of hydrogen-bond acceptors (Lipinski definition) is 2. The predicted molar refractivity (Wildman–Crippen MR) is 70.2 cm³/mol. The Morgan fingerprint density at radius 2 is 1.94 bits per heavy atom. The number of rotatable bonds is 8. The molecule has 0 atom stereocenters. The van der Waals surface area contributed by atoms with Crippen LogP contribution in [0.25, 0.3) is 0 Å². The van der Waals surface area contributed by atoms with Gasteiger partial charge in [0.15, 0.2) is 0 Å². The van der Waals surface area contributed by atoms with Gasteiger partial charge in [-0.15, -0.1) is 11.6 Å². The minimum atomic E-state index is 0.605.